The molecule has 1 N–H and O–H groups in total. The average Bonchev–Trinajstić information content (AvgIpc) is 3.11. The first-order valence-electron chi connectivity index (χ1n) is 12.5. The zero-order valence-electron chi connectivity index (χ0n) is 21.2. The van der Waals surface area contributed by atoms with E-state index in [1.807, 2.05) is 12.1 Å². The van der Waals surface area contributed by atoms with E-state index in [1.165, 1.54) is 11.1 Å². The van der Waals surface area contributed by atoms with Gasteiger partial charge in [-0.25, -0.2) is 0 Å². The number of ether oxygens (including phenoxy) is 2. The van der Waals surface area contributed by atoms with Crippen molar-refractivity contribution in [3.8, 4) is 5.75 Å². The Labute approximate surface area is 205 Å². The number of aliphatic hydroxyl groups excluding tert-OH is 1. The van der Waals surface area contributed by atoms with E-state index < -0.39 is 6.35 Å². The van der Waals surface area contributed by atoms with Gasteiger partial charge in [0, 0.05) is 44.4 Å². The Bertz CT molecular complexity index is 895. The van der Waals surface area contributed by atoms with Crippen LogP contribution in [0.4, 0.5) is 0 Å². The fourth-order valence-corrected chi connectivity index (χ4v) is 6.14. The number of hydrogen-bond acceptors (Lipinski definition) is 6. The van der Waals surface area contributed by atoms with Gasteiger partial charge in [-0.2, -0.15) is 0 Å². The Morgan fingerprint density at radius 2 is 1.65 bits per heavy atom. The number of rotatable bonds is 9. The van der Waals surface area contributed by atoms with Crippen molar-refractivity contribution >= 4 is 0 Å². The van der Waals surface area contributed by atoms with E-state index in [9.17, 15) is 5.11 Å². The average molecular weight is 468 g/mol. The van der Waals surface area contributed by atoms with Crippen LogP contribution in [0.2, 0.25) is 0 Å². The van der Waals surface area contributed by atoms with Crippen molar-refractivity contribution in [1.29, 1.82) is 0 Å². The van der Waals surface area contributed by atoms with Gasteiger partial charge in [0.05, 0.1) is 7.11 Å². The second kappa shape index (κ2) is 10.8. The third-order valence-corrected chi connectivity index (χ3v) is 8.18. The molecular formula is C28H41N3O3. The lowest BCUT2D eigenvalue weighted by atomic mass is 9.68. The molecule has 0 aromatic heterocycles. The quantitative estimate of drug-likeness (QED) is 0.565. The monoisotopic (exact) mass is 467 g/mol. The Morgan fingerprint density at radius 1 is 0.971 bits per heavy atom. The zero-order chi connectivity index (χ0) is 24.2. The van der Waals surface area contributed by atoms with Gasteiger partial charge in [0.2, 0.25) is 0 Å². The maximum atomic E-state index is 11.5. The van der Waals surface area contributed by atoms with Gasteiger partial charge in [0.15, 0.2) is 6.35 Å². The molecule has 186 valence electrons. The van der Waals surface area contributed by atoms with Crippen LogP contribution in [-0.4, -0.2) is 79.7 Å². The molecular weight excluding hydrogens is 426 g/mol. The zero-order valence-corrected chi connectivity index (χ0v) is 21.2. The van der Waals surface area contributed by atoms with E-state index in [0.717, 1.165) is 57.5 Å². The van der Waals surface area contributed by atoms with Gasteiger partial charge in [-0.05, 0) is 69.5 Å². The molecule has 2 aromatic carbocycles. The summed E-state index contributed by atoms with van der Waals surface area (Å²) < 4.78 is 10.6. The Hall–Kier alpha value is -1.96. The van der Waals surface area contributed by atoms with Crippen LogP contribution in [0.1, 0.15) is 43.2 Å². The molecule has 1 aliphatic heterocycles. The molecule has 4 rings (SSSR count). The molecule has 2 aliphatic rings. The van der Waals surface area contributed by atoms with E-state index in [2.05, 4.69) is 71.3 Å². The highest BCUT2D eigenvalue weighted by molar-refractivity contribution is 5.28. The molecule has 1 saturated heterocycles. The molecule has 1 unspecified atom stereocenters. The van der Waals surface area contributed by atoms with E-state index in [-0.39, 0.29) is 11.1 Å². The number of nitrogens with zero attached hydrogens (tertiary/aromatic N) is 3. The summed E-state index contributed by atoms with van der Waals surface area (Å²) in [6, 6.07) is 19.1. The number of methoxy groups -OCH3 is 2. The Morgan fingerprint density at radius 3 is 2.24 bits per heavy atom. The fraction of sp³-hybridized carbons (Fsp3) is 0.571. The van der Waals surface area contributed by atoms with Crippen LogP contribution in [0.5, 0.6) is 5.75 Å². The topological polar surface area (TPSA) is 48.4 Å². The molecule has 1 heterocycles. The fourth-order valence-electron chi connectivity index (χ4n) is 6.14. The lowest BCUT2D eigenvalue weighted by Crippen LogP contribution is -2.56. The molecule has 0 radical (unpaired) electrons. The Kier molecular flexibility index (Phi) is 7.95. The lowest BCUT2D eigenvalue weighted by Gasteiger charge is -2.51. The van der Waals surface area contributed by atoms with Crippen molar-refractivity contribution in [2.45, 2.75) is 56.1 Å². The smallest absolute Gasteiger partial charge is 0.166 e. The minimum absolute atomic E-state index is 0.0199. The van der Waals surface area contributed by atoms with Crippen LogP contribution < -0.4 is 4.74 Å². The first-order valence-corrected chi connectivity index (χ1v) is 12.5. The number of hydrogen-bond donors (Lipinski definition) is 1. The van der Waals surface area contributed by atoms with E-state index in [0.29, 0.717) is 6.61 Å². The summed E-state index contributed by atoms with van der Waals surface area (Å²) in [6.07, 6.45) is 4.61. The number of benzene rings is 2. The Balaban J connectivity index is 1.55. The summed E-state index contributed by atoms with van der Waals surface area (Å²) in [5, 5.41) is 11.5. The predicted octanol–water partition coefficient (Wildman–Crippen LogP) is 3.90. The minimum Gasteiger partial charge on any atom is -0.497 e. The summed E-state index contributed by atoms with van der Waals surface area (Å²) in [4.78, 5) is 7.00. The van der Waals surface area contributed by atoms with Crippen LogP contribution in [0.3, 0.4) is 0 Å². The van der Waals surface area contributed by atoms with Crippen molar-refractivity contribution in [3.63, 3.8) is 0 Å². The summed E-state index contributed by atoms with van der Waals surface area (Å²) in [6.45, 7) is 3.16. The largest absolute Gasteiger partial charge is 0.497 e. The molecule has 0 bridgehead atoms. The van der Waals surface area contributed by atoms with Crippen molar-refractivity contribution in [3.05, 3.63) is 65.7 Å². The first-order chi connectivity index (χ1) is 16.4. The molecule has 6 heteroatoms. The molecule has 2 aromatic rings. The van der Waals surface area contributed by atoms with Crippen LogP contribution in [0, 0.1) is 0 Å². The second-order valence-corrected chi connectivity index (χ2v) is 10.2. The standard InChI is InChI=1S/C28H41N3O3/c1-29(2)28(24-9-6-5-7-10-24)17-15-27(16-18-28)22-30(26(32)31(27)19-8-20-33-3)21-23-11-13-25(34-4)14-12-23/h5-7,9-14,26,32H,8,15-22H2,1-4H3. The van der Waals surface area contributed by atoms with Crippen molar-refractivity contribution in [2.24, 2.45) is 0 Å². The molecule has 1 aliphatic carbocycles. The highest BCUT2D eigenvalue weighted by Gasteiger charge is 2.54. The van der Waals surface area contributed by atoms with Gasteiger partial charge in [0.1, 0.15) is 5.75 Å². The van der Waals surface area contributed by atoms with Crippen LogP contribution in [-0.2, 0) is 16.8 Å². The predicted molar refractivity (Wildman–Crippen MR) is 136 cm³/mol. The molecule has 34 heavy (non-hydrogen) atoms. The van der Waals surface area contributed by atoms with E-state index in [4.69, 9.17) is 9.47 Å². The van der Waals surface area contributed by atoms with Gasteiger partial charge in [-0.1, -0.05) is 42.5 Å². The molecule has 0 amide bonds. The first kappa shape index (κ1) is 25.1. The van der Waals surface area contributed by atoms with E-state index >= 15 is 0 Å². The molecule has 6 nitrogen and oxygen atoms in total. The third kappa shape index (κ3) is 4.88. The van der Waals surface area contributed by atoms with Crippen LogP contribution in [0.25, 0.3) is 0 Å². The normalized spacial score (nSPS) is 28.1. The second-order valence-electron chi connectivity index (χ2n) is 10.2. The summed E-state index contributed by atoms with van der Waals surface area (Å²) >= 11 is 0. The van der Waals surface area contributed by atoms with E-state index in [1.54, 1.807) is 14.2 Å². The van der Waals surface area contributed by atoms with Gasteiger partial charge in [-0.15, -0.1) is 0 Å². The minimum atomic E-state index is -0.581. The molecule has 1 spiro atoms. The van der Waals surface area contributed by atoms with Gasteiger partial charge in [0.25, 0.3) is 0 Å². The van der Waals surface area contributed by atoms with Gasteiger partial charge in [-0.3, -0.25) is 14.7 Å². The SMILES string of the molecule is COCCCN1C(O)N(Cc2ccc(OC)cc2)CC12CCC(c1ccccc1)(N(C)C)CC2. The summed E-state index contributed by atoms with van der Waals surface area (Å²) in [7, 11) is 7.85. The maximum Gasteiger partial charge on any atom is 0.166 e. The van der Waals surface area contributed by atoms with Crippen LogP contribution >= 0.6 is 0 Å². The molecule has 2 fully saturated rings. The van der Waals surface area contributed by atoms with Crippen molar-refractivity contribution in [1.82, 2.24) is 14.7 Å². The van der Waals surface area contributed by atoms with Gasteiger partial charge < -0.3 is 14.6 Å². The van der Waals surface area contributed by atoms with Gasteiger partial charge >= 0.3 is 0 Å². The highest BCUT2D eigenvalue weighted by Crippen LogP contribution is 2.49. The van der Waals surface area contributed by atoms with Crippen molar-refractivity contribution < 1.29 is 14.6 Å². The van der Waals surface area contributed by atoms with Crippen molar-refractivity contribution in [2.75, 3.05) is 48.0 Å². The van der Waals surface area contributed by atoms with Crippen LogP contribution in [0.15, 0.2) is 54.6 Å². The number of aliphatic hydroxyl groups is 1. The highest BCUT2D eigenvalue weighted by atomic mass is 16.5. The maximum absolute atomic E-state index is 11.5. The third-order valence-electron chi connectivity index (χ3n) is 8.18. The summed E-state index contributed by atoms with van der Waals surface area (Å²) in [5.41, 5.74) is 2.61. The summed E-state index contributed by atoms with van der Waals surface area (Å²) in [5.74, 6) is 0.858. The lowest BCUT2D eigenvalue weighted by molar-refractivity contribution is -0.0954. The molecule has 1 saturated carbocycles. The molecule has 1 atom stereocenters.